The van der Waals surface area contributed by atoms with Crippen molar-refractivity contribution >= 4 is 34.9 Å². The summed E-state index contributed by atoms with van der Waals surface area (Å²) in [5.74, 6) is -0.562. The van der Waals surface area contributed by atoms with Crippen LogP contribution in [0.25, 0.3) is 16.2 Å². The highest BCUT2D eigenvalue weighted by molar-refractivity contribution is 6.48. The van der Waals surface area contributed by atoms with E-state index in [0.717, 1.165) is 25.8 Å². The number of hydrogen-bond acceptors (Lipinski definition) is 2. The number of likely N-dealkylation sites (tertiary alicyclic amines) is 1. The Hall–Kier alpha value is -2.46. The van der Waals surface area contributed by atoms with Gasteiger partial charge in [-0.25, -0.2) is 4.39 Å². The zero-order chi connectivity index (χ0) is 19.6. The summed E-state index contributed by atoms with van der Waals surface area (Å²) in [5.41, 5.74) is 2.60. The normalized spacial score (nSPS) is 16.9. The summed E-state index contributed by atoms with van der Waals surface area (Å²) < 4.78 is 14.8. The molecule has 5 heteroatoms. The van der Waals surface area contributed by atoms with E-state index in [1.807, 2.05) is 11.8 Å². The third kappa shape index (κ3) is 3.96. The summed E-state index contributed by atoms with van der Waals surface area (Å²) in [5, 5.41) is 0.348. The number of piperidine rings is 1. The molecule has 2 aromatic carbocycles. The number of aliphatic imine (C=N–C) groups is 1. The molecule has 1 saturated heterocycles. The number of rotatable bonds is 4. The first-order chi connectivity index (χ1) is 12.9. The molecular weight excluding hydrogens is 363 g/mol. The second kappa shape index (κ2) is 8.05. The Kier molecular flexibility index (Phi) is 5.76. The number of halogens is 2. The SMILES string of the molecule is C=Nc1cc(-c2ccc(C(=O)N3CCCCC3C)cc2F)ccc1C(=C)Cl. The molecule has 1 amide bonds. The monoisotopic (exact) mass is 384 g/mol. The quantitative estimate of drug-likeness (QED) is 0.590. The maximum Gasteiger partial charge on any atom is 0.254 e. The Morgan fingerprint density at radius 3 is 2.67 bits per heavy atom. The van der Waals surface area contributed by atoms with Crippen LogP contribution < -0.4 is 0 Å². The van der Waals surface area contributed by atoms with E-state index in [4.69, 9.17) is 11.6 Å². The second-order valence-corrected chi connectivity index (χ2v) is 7.29. The Bertz CT molecular complexity index is 909. The molecular formula is C22H22ClFN2O. The highest BCUT2D eigenvalue weighted by Gasteiger charge is 2.24. The summed E-state index contributed by atoms with van der Waals surface area (Å²) in [6.07, 6.45) is 3.11. The first-order valence-corrected chi connectivity index (χ1v) is 9.36. The van der Waals surface area contributed by atoms with Crippen LogP contribution in [-0.4, -0.2) is 30.1 Å². The third-order valence-corrected chi connectivity index (χ3v) is 5.25. The van der Waals surface area contributed by atoms with Crippen molar-refractivity contribution in [3.8, 4) is 11.1 Å². The van der Waals surface area contributed by atoms with Gasteiger partial charge >= 0.3 is 0 Å². The van der Waals surface area contributed by atoms with E-state index >= 15 is 0 Å². The Morgan fingerprint density at radius 1 is 1.26 bits per heavy atom. The predicted octanol–water partition coefficient (Wildman–Crippen LogP) is 6.05. The molecule has 3 rings (SSSR count). The minimum atomic E-state index is -0.446. The molecule has 0 N–H and O–H groups in total. The Morgan fingerprint density at radius 2 is 2.04 bits per heavy atom. The number of amides is 1. The lowest BCUT2D eigenvalue weighted by Gasteiger charge is -2.33. The van der Waals surface area contributed by atoms with Crippen molar-refractivity contribution in [1.82, 2.24) is 4.90 Å². The number of nitrogens with zero attached hydrogens (tertiary/aromatic N) is 2. The van der Waals surface area contributed by atoms with E-state index in [1.165, 1.54) is 6.07 Å². The zero-order valence-electron chi connectivity index (χ0n) is 15.3. The highest BCUT2D eigenvalue weighted by Crippen LogP contribution is 2.33. The second-order valence-electron chi connectivity index (χ2n) is 6.83. The van der Waals surface area contributed by atoms with Crippen molar-refractivity contribution < 1.29 is 9.18 Å². The fourth-order valence-corrected chi connectivity index (χ4v) is 3.67. The van der Waals surface area contributed by atoms with Crippen LogP contribution in [0.3, 0.4) is 0 Å². The van der Waals surface area contributed by atoms with Gasteiger partial charge in [-0.1, -0.05) is 36.4 Å². The molecule has 0 spiro atoms. The van der Waals surface area contributed by atoms with Crippen LogP contribution in [0.5, 0.6) is 0 Å². The molecule has 0 aliphatic carbocycles. The lowest BCUT2D eigenvalue weighted by atomic mass is 9.98. The van der Waals surface area contributed by atoms with Crippen LogP contribution in [0.2, 0.25) is 0 Å². The minimum absolute atomic E-state index is 0.116. The molecule has 1 unspecified atom stereocenters. The minimum Gasteiger partial charge on any atom is -0.336 e. The summed E-state index contributed by atoms with van der Waals surface area (Å²) in [6.45, 7) is 9.99. The van der Waals surface area contributed by atoms with Crippen molar-refractivity contribution in [3.63, 3.8) is 0 Å². The zero-order valence-corrected chi connectivity index (χ0v) is 16.1. The van der Waals surface area contributed by atoms with Gasteiger partial charge < -0.3 is 4.90 Å². The summed E-state index contributed by atoms with van der Waals surface area (Å²) >= 11 is 5.96. The molecule has 1 atom stereocenters. The molecule has 0 aromatic heterocycles. The first-order valence-electron chi connectivity index (χ1n) is 8.99. The third-order valence-electron chi connectivity index (χ3n) is 5.05. The fraction of sp³-hybridized carbons (Fsp3) is 0.273. The molecule has 0 bridgehead atoms. The highest BCUT2D eigenvalue weighted by atomic mass is 35.5. The van der Waals surface area contributed by atoms with Crippen molar-refractivity contribution in [1.29, 1.82) is 0 Å². The van der Waals surface area contributed by atoms with Crippen LogP contribution >= 0.6 is 11.6 Å². The molecule has 2 aromatic rings. The Balaban J connectivity index is 1.92. The van der Waals surface area contributed by atoms with Crippen molar-refractivity contribution in [2.24, 2.45) is 4.99 Å². The van der Waals surface area contributed by atoms with E-state index in [2.05, 4.69) is 18.3 Å². The first kappa shape index (κ1) is 19.3. The van der Waals surface area contributed by atoms with Gasteiger partial charge in [-0.15, -0.1) is 0 Å². The van der Waals surface area contributed by atoms with Gasteiger partial charge in [-0.2, -0.15) is 0 Å². The van der Waals surface area contributed by atoms with Crippen LogP contribution in [-0.2, 0) is 0 Å². The van der Waals surface area contributed by atoms with Crippen molar-refractivity contribution in [2.75, 3.05) is 6.54 Å². The van der Waals surface area contributed by atoms with E-state index in [1.54, 1.807) is 30.3 Å². The van der Waals surface area contributed by atoms with Gasteiger partial charge in [-0.3, -0.25) is 9.79 Å². The van der Waals surface area contributed by atoms with E-state index in [-0.39, 0.29) is 11.9 Å². The molecule has 0 saturated carbocycles. The maximum atomic E-state index is 14.8. The van der Waals surface area contributed by atoms with Crippen LogP contribution in [0.1, 0.15) is 42.1 Å². The standard InChI is InChI=1S/C22H22ClFN2O/c1-14-6-4-5-11-26(14)22(27)17-8-10-19(20(24)12-17)16-7-9-18(15(2)23)21(13-16)25-3/h7-10,12-14H,2-6,11H2,1H3. The van der Waals surface area contributed by atoms with Crippen LogP contribution in [0.15, 0.2) is 48.0 Å². The van der Waals surface area contributed by atoms with Gasteiger partial charge in [0.1, 0.15) is 5.82 Å². The molecule has 1 aliphatic heterocycles. The van der Waals surface area contributed by atoms with Crippen LogP contribution in [0, 0.1) is 5.82 Å². The van der Waals surface area contributed by atoms with Gasteiger partial charge in [-0.05, 0) is 56.7 Å². The van der Waals surface area contributed by atoms with E-state index in [0.29, 0.717) is 33.0 Å². The molecule has 0 radical (unpaired) electrons. The predicted molar refractivity (Wildman–Crippen MR) is 110 cm³/mol. The van der Waals surface area contributed by atoms with Gasteiger partial charge in [0.15, 0.2) is 0 Å². The molecule has 27 heavy (non-hydrogen) atoms. The summed E-state index contributed by atoms with van der Waals surface area (Å²) in [4.78, 5) is 18.5. The number of carbonyl (C=O) groups is 1. The van der Waals surface area contributed by atoms with Crippen molar-refractivity contribution in [3.05, 3.63) is 59.9 Å². The van der Waals surface area contributed by atoms with Gasteiger partial charge in [0.05, 0.1) is 5.69 Å². The van der Waals surface area contributed by atoms with Gasteiger partial charge in [0.25, 0.3) is 5.91 Å². The molecule has 1 heterocycles. The van der Waals surface area contributed by atoms with Gasteiger partial charge in [0, 0.05) is 34.3 Å². The molecule has 3 nitrogen and oxygen atoms in total. The van der Waals surface area contributed by atoms with Gasteiger partial charge in [0.2, 0.25) is 0 Å². The van der Waals surface area contributed by atoms with Crippen molar-refractivity contribution in [2.45, 2.75) is 32.2 Å². The molecule has 140 valence electrons. The van der Waals surface area contributed by atoms with Crippen LogP contribution in [0.4, 0.5) is 10.1 Å². The topological polar surface area (TPSA) is 32.7 Å². The average Bonchev–Trinajstić information content (AvgIpc) is 2.67. The lowest BCUT2D eigenvalue weighted by Crippen LogP contribution is -2.42. The number of hydrogen-bond donors (Lipinski definition) is 0. The summed E-state index contributed by atoms with van der Waals surface area (Å²) in [7, 11) is 0. The fourth-order valence-electron chi connectivity index (χ4n) is 3.51. The Labute approximate surface area is 164 Å². The smallest absolute Gasteiger partial charge is 0.254 e. The maximum absolute atomic E-state index is 14.8. The summed E-state index contributed by atoms with van der Waals surface area (Å²) in [6, 6.07) is 10.0. The number of benzene rings is 2. The average molecular weight is 385 g/mol. The molecule has 1 fully saturated rings. The van der Waals surface area contributed by atoms with E-state index in [9.17, 15) is 9.18 Å². The molecule has 1 aliphatic rings. The lowest BCUT2D eigenvalue weighted by molar-refractivity contribution is 0.0635. The largest absolute Gasteiger partial charge is 0.336 e. The number of carbonyl (C=O) groups excluding carboxylic acids is 1. The van der Waals surface area contributed by atoms with E-state index < -0.39 is 5.82 Å².